The van der Waals surface area contributed by atoms with Crippen LogP contribution in [0.5, 0.6) is 0 Å². The Balaban J connectivity index is 0. The average Bonchev–Trinajstić information content (AvgIpc) is 2.36. The summed E-state index contributed by atoms with van der Waals surface area (Å²) in [7, 11) is -0.113. The van der Waals surface area contributed by atoms with Crippen molar-refractivity contribution >= 4 is 25.5 Å². The minimum atomic E-state index is -3.54. The number of nitrogens with two attached hydrogens (primary N) is 1. The number of aliphatic carboxylic acids is 2. The summed E-state index contributed by atoms with van der Waals surface area (Å²) in [5.41, 5.74) is 5.24. The molecule has 1 atom stereocenters. The molecule has 0 spiro atoms. The maximum atomic E-state index is 11.4. The number of carbonyl (C=O) groups is 3. The quantitative estimate of drug-likeness (QED) is 0.335. The van der Waals surface area contributed by atoms with Gasteiger partial charge in [-0.1, -0.05) is 0 Å². The number of hydrogen-bond acceptors (Lipinski definition) is 8. The van der Waals surface area contributed by atoms with Gasteiger partial charge in [0, 0.05) is 14.2 Å². The number of hydrogen-bond donors (Lipinski definition) is 3. The van der Waals surface area contributed by atoms with E-state index in [2.05, 4.69) is 13.8 Å². The van der Waals surface area contributed by atoms with Crippen LogP contribution in [0.3, 0.4) is 0 Å². The van der Waals surface area contributed by atoms with Gasteiger partial charge in [-0.15, -0.1) is 0 Å². The molecular weight excluding hydrogens is 273 g/mol. The second-order valence-electron chi connectivity index (χ2n) is 2.48. The number of carboxylic acid groups (broad SMARTS) is 2. The van der Waals surface area contributed by atoms with Crippen molar-refractivity contribution in [3.05, 3.63) is 0 Å². The van der Waals surface area contributed by atoms with Gasteiger partial charge in [-0.05, 0) is 0 Å². The van der Waals surface area contributed by atoms with Crippen LogP contribution in [-0.4, -0.2) is 55.2 Å². The molecule has 0 radical (unpaired) electrons. The van der Waals surface area contributed by atoms with Crippen molar-refractivity contribution in [2.75, 3.05) is 21.3 Å². The molecular formula is C7H14NO9P. The van der Waals surface area contributed by atoms with Crippen LogP contribution in [0.25, 0.3) is 0 Å². The largest absolute Gasteiger partial charge is 0.473 e. The molecule has 10 nitrogen and oxygen atoms in total. The van der Waals surface area contributed by atoms with Gasteiger partial charge in [0.1, 0.15) is 0 Å². The van der Waals surface area contributed by atoms with Crippen molar-refractivity contribution in [3.8, 4) is 0 Å². The molecule has 0 aromatic rings. The number of methoxy groups -OCH3 is 1. The smallest absolute Gasteiger partial charge is 0.414 e. The highest BCUT2D eigenvalue weighted by Crippen LogP contribution is 2.49. The van der Waals surface area contributed by atoms with Crippen LogP contribution in [0, 0.1) is 0 Å². The molecule has 0 bridgehead atoms. The maximum Gasteiger partial charge on any atom is 0.414 e. The van der Waals surface area contributed by atoms with Crippen molar-refractivity contribution in [3.63, 3.8) is 0 Å². The van der Waals surface area contributed by atoms with Gasteiger partial charge < -0.3 is 29.7 Å². The van der Waals surface area contributed by atoms with E-state index < -0.39 is 31.3 Å². The van der Waals surface area contributed by atoms with E-state index in [1.807, 2.05) is 0 Å². The van der Waals surface area contributed by atoms with Crippen LogP contribution in [0.4, 0.5) is 0 Å². The standard InChI is InChI=1S/C5H12NO5P.C2H2O4/c1-9-5(7)4(6)12(8,10-2)11-3;3-1(4)2(5)6/h4H,6H2,1-3H3;(H,3,4)(H,5,6). The lowest BCUT2D eigenvalue weighted by Gasteiger charge is -2.17. The zero-order valence-corrected chi connectivity index (χ0v) is 10.7. The molecule has 0 rings (SSSR count). The van der Waals surface area contributed by atoms with Crippen molar-refractivity contribution in [1.82, 2.24) is 0 Å². The fourth-order valence-corrected chi connectivity index (χ4v) is 1.52. The Morgan fingerprint density at radius 2 is 1.39 bits per heavy atom. The van der Waals surface area contributed by atoms with Crippen LogP contribution in [-0.2, 0) is 32.7 Å². The number of ether oxygens (including phenoxy) is 1. The molecule has 0 fully saturated rings. The first-order chi connectivity index (χ1) is 8.16. The lowest BCUT2D eigenvalue weighted by Crippen LogP contribution is -2.32. The molecule has 0 amide bonds. The highest BCUT2D eigenvalue weighted by atomic mass is 31.2. The van der Waals surface area contributed by atoms with E-state index in [0.29, 0.717) is 0 Å². The second kappa shape index (κ2) is 8.59. The summed E-state index contributed by atoms with van der Waals surface area (Å²) in [4.78, 5) is 29.0. The zero-order valence-electron chi connectivity index (χ0n) is 9.85. The van der Waals surface area contributed by atoms with Crippen molar-refractivity contribution < 1.29 is 42.9 Å². The number of carbonyl (C=O) groups excluding carboxylic acids is 1. The van der Waals surface area contributed by atoms with Gasteiger partial charge in [0.25, 0.3) is 0 Å². The summed E-state index contributed by atoms with van der Waals surface area (Å²) < 4.78 is 24.6. The summed E-state index contributed by atoms with van der Waals surface area (Å²) >= 11 is 0. The molecule has 18 heavy (non-hydrogen) atoms. The predicted molar refractivity (Wildman–Crippen MR) is 56.9 cm³/mol. The van der Waals surface area contributed by atoms with Crippen LogP contribution >= 0.6 is 7.60 Å². The fraction of sp³-hybridized carbons (Fsp3) is 0.571. The summed E-state index contributed by atoms with van der Waals surface area (Å²) in [5, 5.41) is 14.8. The fourth-order valence-electron chi connectivity index (χ4n) is 0.552. The van der Waals surface area contributed by atoms with Crippen LogP contribution in [0.2, 0.25) is 0 Å². The molecule has 0 aromatic carbocycles. The SMILES string of the molecule is COC(=O)C(N)P(=O)(OC)OC.O=C(O)C(=O)O. The van der Waals surface area contributed by atoms with E-state index in [-0.39, 0.29) is 0 Å². The Hall–Kier alpha value is -1.48. The van der Waals surface area contributed by atoms with Gasteiger partial charge in [-0.3, -0.25) is 4.57 Å². The van der Waals surface area contributed by atoms with E-state index >= 15 is 0 Å². The van der Waals surface area contributed by atoms with Gasteiger partial charge in [-0.2, -0.15) is 0 Å². The number of rotatable bonds is 4. The molecule has 0 aliphatic rings. The van der Waals surface area contributed by atoms with E-state index in [0.717, 1.165) is 21.3 Å². The first kappa shape index (κ1) is 18.9. The van der Waals surface area contributed by atoms with Gasteiger partial charge in [-0.25, -0.2) is 14.4 Å². The van der Waals surface area contributed by atoms with Gasteiger partial charge in [0.15, 0.2) is 0 Å². The first-order valence-electron chi connectivity index (χ1n) is 4.17. The zero-order chi connectivity index (χ0) is 14.9. The minimum absolute atomic E-state index is 0.831. The molecule has 4 N–H and O–H groups in total. The third-order valence-corrected chi connectivity index (χ3v) is 3.39. The highest BCUT2D eigenvalue weighted by Gasteiger charge is 2.37. The van der Waals surface area contributed by atoms with Crippen LogP contribution in [0.15, 0.2) is 0 Å². The Kier molecular flexibility index (Phi) is 9.00. The molecule has 0 saturated carbocycles. The van der Waals surface area contributed by atoms with Gasteiger partial charge in [0.05, 0.1) is 7.11 Å². The molecule has 0 aromatic heterocycles. The summed E-state index contributed by atoms with van der Waals surface area (Å²) in [6.07, 6.45) is 0. The van der Waals surface area contributed by atoms with Crippen molar-refractivity contribution in [1.29, 1.82) is 0 Å². The van der Waals surface area contributed by atoms with E-state index in [1.54, 1.807) is 0 Å². The lowest BCUT2D eigenvalue weighted by molar-refractivity contribution is -0.159. The van der Waals surface area contributed by atoms with Crippen LogP contribution < -0.4 is 5.73 Å². The van der Waals surface area contributed by atoms with E-state index in [4.69, 9.17) is 25.5 Å². The molecule has 0 saturated heterocycles. The lowest BCUT2D eigenvalue weighted by atomic mass is 10.7. The Bertz CT molecular complexity index is 335. The van der Waals surface area contributed by atoms with E-state index in [9.17, 15) is 9.36 Å². The van der Waals surface area contributed by atoms with Gasteiger partial charge in [0.2, 0.25) is 5.78 Å². The number of carboxylic acids is 2. The topological polar surface area (TPSA) is 162 Å². The normalized spacial score (nSPS) is 11.8. The highest BCUT2D eigenvalue weighted by molar-refractivity contribution is 7.55. The molecule has 11 heteroatoms. The molecule has 1 unspecified atom stereocenters. The second-order valence-corrected chi connectivity index (χ2v) is 4.85. The van der Waals surface area contributed by atoms with E-state index in [1.165, 1.54) is 0 Å². The molecule has 0 heterocycles. The van der Waals surface area contributed by atoms with Crippen molar-refractivity contribution in [2.45, 2.75) is 5.78 Å². The Labute approximate surface area is 102 Å². The summed E-state index contributed by atoms with van der Waals surface area (Å²) in [5.74, 6) is -5.87. The third kappa shape index (κ3) is 6.30. The van der Waals surface area contributed by atoms with Crippen molar-refractivity contribution in [2.24, 2.45) is 5.73 Å². The Morgan fingerprint density at radius 3 is 1.56 bits per heavy atom. The summed E-state index contributed by atoms with van der Waals surface area (Å²) in [6.45, 7) is 0. The average molecular weight is 287 g/mol. The minimum Gasteiger partial charge on any atom is -0.473 e. The monoisotopic (exact) mass is 287 g/mol. The molecule has 0 aliphatic heterocycles. The number of esters is 1. The van der Waals surface area contributed by atoms with Crippen LogP contribution in [0.1, 0.15) is 0 Å². The summed E-state index contributed by atoms with van der Waals surface area (Å²) in [6, 6.07) is 0. The van der Waals surface area contributed by atoms with Gasteiger partial charge >= 0.3 is 25.5 Å². The Morgan fingerprint density at radius 1 is 1.06 bits per heavy atom. The first-order valence-corrected chi connectivity index (χ1v) is 5.78. The molecule has 0 aliphatic carbocycles. The maximum absolute atomic E-state index is 11.4. The third-order valence-electron chi connectivity index (χ3n) is 1.48. The predicted octanol–water partition coefficient (Wildman–Crippen LogP) is -0.914. The molecule has 106 valence electrons.